The summed E-state index contributed by atoms with van der Waals surface area (Å²) in [5.41, 5.74) is 0.369. The highest BCUT2D eigenvalue weighted by molar-refractivity contribution is 9.10. The van der Waals surface area contributed by atoms with Gasteiger partial charge >= 0.3 is 5.97 Å². The standard InChI is InChI=1S/C14H10BrNO4/c1-8(17)12-5-3-10(7-16-12)20-13-6-9(15)2-4-11(13)14(18)19/h2-7H,1H3,(H,18,19). The summed E-state index contributed by atoms with van der Waals surface area (Å²) in [6.45, 7) is 1.42. The SMILES string of the molecule is CC(=O)c1ccc(Oc2cc(Br)ccc2C(=O)O)cn1. The van der Waals surface area contributed by atoms with Gasteiger partial charge in [0.05, 0.1) is 6.20 Å². The van der Waals surface area contributed by atoms with Crippen molar-refractivity contribution in [3.05, 3.63) is 52.3 Å². The van der Waals surface area contributed by atoms with Crippen molar-refractivity contribution in [2.24, 2.45) is 0 Å². The Hall–Kier alpha value is -2.21. The fraction of sp³-hybridized carbons (Fsp3) is 0.0714. The molecule has 6 heteroatoms. The van der Waals surface area contributed by atoms with Gasteiger partial charge in [0.1, 0.15) is 22.8 Å². The summed E-state index contributed by atoms with van der Waals surface area (Å²) in [6.07, 6.45) is 1.38. The van der Waals surface area contributed by atoms with Gasteiger partial charge < -0.3 is 9.84 Å². The Morgan fingerprint density at radius 1 is 1.25 bits per heavy atom. The number of benzene rings is 1. The van der Waals surface area contributed by atoms with E-state index >= 15 is 0 Å². The average molecular weight is 336 g/mol. The van der Waals surface area contributed by atoms with Crippen LogP contribution in [0.25, 0.3) is 0 Å². The molecule has 0 spiro atoms. The molecule has 1 N–H and O–H groups in total. The largest absolute Gasteiger partial charge is 0.478 e. The Balaban J connectivity index is 2.31. The molecular formula is C14H10BrNO4. The number of halogens is 1. The number of hydrogen-bond donors (Lipinski definition) is 1. The molecule has 1 aromatic heterocycles. The minimum atomic E-state index is -1.08. The van der Waals surface area contributed by atoms with Crippen LogP contribution in [0, 0.1) is 0 Å². The quantitative estimate of drug-likeness (QED) is 0.864. The van der Waals surface area contributed by atoms with Gasteiger partial charge in [-0.05, 0) is 30.3 Å². The highest BCUT2D eigenvalue weighted by Crippen LogP contribution is 2.28. The van der Waals surface area contributed by atoms with Crippen molar-refractivity contribution in [3.8, 4) is 11.5 Å². The number of carboxylic acid groups (broad SMARTS) is 1. The van der Waals surface area contributed by atoms with Crippen molar-refractivity contribution >= 4 is 27.7 Å². The number of ether oxygens (including phenoxy) is 1. The van der Waals surface area contributed by atoms with E-state index in [1.807, 2.05) is 0 Å². The molecule has 102 valence electrons. The number of carbonyl (C=O) groups excluding carboxylic acids is 1. The molecule has 0 atom stereocenters. The number of pyridine rings is 1. The van der Waals surface area contributed by atoms with Gasteiger partial charge in [-0.25, -0.2) is 9.78 Å². The highest BCUT2D eigenvalue weighted by Gasteiger charge is 2.13. The molecule has 0 bridgehead atoms. The van der Waals surface area contributed by atoms with E-state index < -0.39 is 5.97 Å². The minimum absolute atomic E-state index is 0.0452. The first-order valence-corrected chi connectivity index (χ1v) is 6.44. The number of Topliss-reactive ketones (excluding diaryl/α,β-unsaturated/α-hetero) is 1. The lowest BCUT2D eigenvalue weighted by atomic mass is 10.2. The third-order valence-corrected chi connectivity index (χ3v) is 2.99. The molecule has 0 aliphatic rings. The second kappa shape index (κ2) is 5.83. The molecular weight excluding hydrogens is 326 g/mol. The van der Waals surface area contributed by atoms with Gasteiger partial charge in [0, 0.05) is 11.4 Å². The van der Waals surface area contributed by atoms with Crippen molar-refractivity contribution in [2.75, 3.05) is 0 Å². The fourth-order valence-corrected chi connectivity index (χ4v) is 1.87. The Bertz CT molecular complexity index is 667. The first kappa shape index (κ1) is 14.2. The van der Waals surface area contributed by atoms with Crippen LogP contribution in [0.15, 0.2) is 41.0 Å². The van der Waals surface area contributed by atoms with Crippen LogP contribution >= 0.6 is 15.9 Å². The first-order chi connectivity index (χ1) is 9.47. The van der Waals surface area contributed by atoms with E-state index in [1.54, 1.807) is 18.2 Å². The van der Waals surface area contributed by atoms with Gasteiger partial charge in [0.15, 0.2) is 5.78 Å². The second-order valence-corrected chi connectivity index (χ2v) is 4.90. The molecule has 0 aliphatic heterocycles. The number of carboxylic acids is 1. The molecule has 0 unspecified atom stereocenters. The maximum atomic E-state index is 11.1. The molecule has 5 nitrogen and oxygen atoms in total. The van der Waals surface area contributed by atoms with Gasteiger partial charge in [-0.1, -0.05) is 15.9 Å². The zero-order valence-corrected chi connectivity index (χ0v) is 12.0. The Labute approximate surface area is 123 Å². The number of nitrogens with zero attached hydrogens (tertiary/aromatic N) is 1. The fourth-order valence-electron chi connectivity index (χ4n) is 1.53. The normalized spacial score (nSPS) is 10.1. The zero-order chi connectivity index (χ0) is 14.7. The molecule has 20 heavy (non-hydrogen) atoms. The Morgan fingerprint density at radius 3 is 2.55 bits per heavy atom. The molecule has 0 fully saturated rings. The van der Waals surface area contributed by atoms with Crippen LogP contribution in [0.3, 0.4) is 0 Å². The maximum absolute atomic E-state index is 11.1. The highest BCUT2D eigenvalue weighted by atomic mass is 79.9. The summed E-state index contributed by atoms with van der Waals surface area (Å²) < 4.78 is 6.20. The van der Waals surface area contributed by atoms with Gasteiger partial charge in [0.2, 0.25) is 0 Å². The minimum Gasteiger partial charge on any atom is -0.478 e. The number of aromatic nitrogens is 1. The second-order valence-electron chi connectivity index (χ2n) is 3.98. The van der Waals surface area contributed by atoms with Gasteiger partial charge in [-0.3, -0.25) is 4.79 Å². The number of rotatable bonds is 4. The smallest absolute Gasteiger partial charge is 0.339 e. The van der Waals surface area contributed by atoms with Crippen molar-refractivity contribution in [2.45, 2.75) is 6.92 Å². The third kappa shape index (κ3) is 3.21. The van der Waals surface area contributed by atoms with Crippen LogP contribution in [-0.2, 0) is 0 Å². The summed E-state index contributed by atoms with van der Waals surface area (Å²) in [6, 6.07) is 7.71. The third-order valence-electron chi connectivity index (χ3n) is 2.50. The summed E-state index contributed by atoms with van der Waals surface area (Å²) in [5, 5.41) is 9.10. The number of aromatic carboxylic acids is 1. The number of carbonyl (C=O) groups is 2. The van der Waals surface area contributed by atoms with Crippen molar-refractivity contribution in [1.29, 1.82) is 0 Å². The molecule has 0 saturated carbocycles. The number of hydrogen-bond acceptors (Lipinski definition) is 4. The van der Waals surface area contributed by atoms with Crippen molar-refractivity contribution < 1.29 is 19.4 Å². The zero-order valence-electron chi connectivity index (χ0n) is 10.5. The van der Waals surface area contributed by atoms with E-state index in [9.17, 15) is 9.59 Å². The molecule has 0 radical (unpaired) electrons. The van der Waals surface area contributed by atoms with Crippen LogP contribution in [0.1, 0.15) is 27.8 Å². The lowest BCUT2D eigenvalue weighted by molar-refractivity contribution is 0.0694. The van der Waals surface area contributed by atoms with E-state index in [0.29, 0.717) is 15.9 Å². The number of ketones is 1. The average Bonchev–Trinajstić information content (AvgIpc) is 2.39. The van der Waals surface area contributed by atoms with Crippen molar-refractivity contribution in [1.82, 2.24) is 4.98 Å². The summed E-state index contributed by atoms with van der Waals surface area (Å²) in [4.78, 5) is 26.2. The van der Waals surface area contributed by atoms with Crippen LogP contribution < -0.4 is 4.74 Å². The predicted molar refractivity (Wildman–Crippen MR) is 75.4 cm³/mol. The monoisotopic (exact) mass is 335 g/mol. The van der Waals surface area contributed by atoms with Crippen LogP contribution in [-0.4, -0.2) is 21.8 Å². The van der Waals surface area contributed by atoms with E-state index in [4.69, 9.17) is 9.84 Å². The lowest BCUT2D eigenvalue weighted by Crippen LogP contribution is -2.01. The van der Waals surface area contributed by atoms with E-state index in [1.165, 1.54) is 25.3 Å². The predicted octanol–water partition coefficient (Wildman–Crippen LogP) is 3.54. The summed E-state index contributed by atoms with van der Waals surface area (Å²) in [5.74, 6) is -0.675. The van der Waals surface area contributed by atoms with E-state index in [-0.39, 0.29) is 17.1 Å². The molecule has 0 amide bonds. The molecule has 2 rings (SSSR count). The van der Waals surface area contributed by atoms with Gasteiger partial charge in [-0.2, -0.15) is 0 Å². The lowest BCUT2D eigenvalue weighted by Gasteiger charge is -2.09. The van der Waals surface area contributed by atoms with Crippen molar-refractivity contribution in [3.63, 3.8) is 0 Å². The molecule has 2 aromatic rings. The summed E-state index contributed by atoms with van der Waals surface area (Å²) >= 11 is 3.26. The van der Waals surface area contributed by atoms with E-state index in [0.717, 1.165) is 0 Å². The maximum Gasteiger partial charge on any atom is 0.339 e. The van der Waals surface area contributed by atoms with Crippen LogP contribution in [0.4, 0.5) is 0 Å². The molecule has 1 aromatic carbocycles. The van der Waals surface area contributed by atoms with Gasteiger partial charge in [0.25, 0.3) is 0 Å². The summed E-state index contributed by atoms with van der Waals surface area (Å²) in [7, 11) is 0. The molecule has 1 heterocycles. The molecule has 0 saturated heterocycles. The molecule has 0 aliphatic carbocycles. The van der Waals surface area contributed by atoms with Gasteiger partial charge in [-0.15, -0.1) is 0 Å². The topological polar surface area (TPSA) is 76.5 Å². The van der Waals surface area contributed by atoms with E-state index in [2.05, 4.69) is 20.9 Å². The van der Waals surface area contributed by atoms with Crippen LogP contribution in [0.2, 0.25) is 0 Å². The first-order valence-electron chi connectivity index (χ1n) is 5.65. The Morgan fingerprint density at radius 2 is 2.00 bits per heavy atom. The van der Waals surface area contributed by atoms with Crippen LogP contribution in [0.5, 0.6) is 11.5 Å². The Kier molecular flexibility index (Phi) is 4.14.